The highest BCUT2D eigenvalue weighted by Gasteiger charge is 1.97. The highest BCUT2D eigenvalue weighted by molar-refractivity contribution is 5.16. The fourth-order valence-electron chi connectivity index (χ4n) is 1.63. The van der Waals surface area contributed by atoms with E-state index in [1.54, 1.807) is 0 Å². The van der Waals surface area contributed by atoms with Crippen molar-refractivity contribution in [1.82, 2.24) is 9.97 Å². The molecule has 2 heteroatoms. The summed E-state index contributed by atoms with van der Waals surface area (Å²) in [4.78, 5) is 8.46. The van der Waals surface area contributed by atoms with Gasteiger partial charge in [0.15, 0.2) is 0 Å². The number of rotatable bonds is 4. The number of nitrogens with zero attached hydrogens (tertiary/aromatic N) is 2. The first kappa shape index (κ1) is 10.8. The predicted molar refractivity (Wildman–Crippen MR) is 65.3 cm³/mol. The van der Waals surface area contributed by atoms with Gasteiger partial charge in [-0.2, -0.15) is 0 Å². The maximum Gasteiger partial charge on any atom is 0.0407 e. The number of hydrogen-bond acceptors (Lipinski definition) is 2. The molecule has 0 aliphatic rings. The summed E-state index contributed by atoms with van der Waals surface area (Å²) in [5.41, 5.74) is 3.78. The van der Waals surface area contributed by atoms with E-state index in [1.807, 2.05) is 18.6 Å². The molecule has 16 heavy (non-hydrogen) atoms. The van der Waals surface area contributed by atoms with Crippen molar-refractivity contribution in [1.29, 1.82) is 0 Å². The van der Waals surface area contributed by atoms with Crippen LogP contribution in [0.2, 0.25) is 0 Å². The minimum absolute atomic E-state index is 0.994. The molecular formula is C14H16N2. The third-order valence-electron chi connectivity index (χ3n) is 2.71. The van der Waals surface area contributed by atoms with Crippen molar-refractivity contribution in [3.05, 3.63) is 59.7 Å². The zero-order valence-corrected chi connectivity index (χ0v) is 9.56. The molecule has 0 saturated carbocycles. The van der Waals surface area contributed by atoms with Crippen LogP contribution in [-0.4, -0.2) is 9.97 Å². The first-order valence-electron chi connectivity index (χ1n) is 5.71. The van der Waals surface area contributed by atoms with Crippen molar-refractivity contribution in [2.24, 2.45) is 0 Å². The maximum atomic E-state index is 4.45. The third kappa shape index (κ3) is 2.89. The predicted octanol–water partition coefficient (Wildman–Crippen LogP) is 2.82. The monoisotopic (exact) mass is 212 g/mol. The molecule has 0 amide bonds. The van der Waals surface area contributed by atoms with Gasteiger partial charge in [-0.1, -0.05) is 13.0 Å². The van der Waals surface area contributed by atoms with E-state index in [9.17, 15) is 0 Å². The number of aromatic nitrogens is 2. The quantitative estimate of drug-likeness (QED) is 0.778. The van der Waals surface area contributed by atoms with Gasteiger partial charge in [0, 0.05) is 24.3 Å². The van der Waals surface area contributed by atoms with E-state index < -0.39 is 0 Å². The number of aryl methyl sites for hydroxylation is 3. The van der Waals surface area contributed by atoms with E-state index in [2.05, 4.69) is 41.2 Å². The van der Waals surface area contributed by atoms with Gasteiger partial charge in [-0.3, -0.25) is 9.97 Å². The summed E-state index contributed by atoms with van der Waals surface area (Å²) in [6, 6.07) is 8.40. The molecule has 82 valence electrons. The van der Waals surface area contributed by atoms with Crippen molar-refractivity contribution < 1.29 is 0 Å². The SMILES string of the molecule is CCc1ccc(CCc2ccncc2)nc1. The molecule has 0 unspecified atom stereocenters. The fraction of sp³-hybridized carbons (Fsp3) is 0.286. The van der Waals surface area contributed by atoms with Gasteiger partial charge in [0.2, 0.25) is 0 Å². The summed E-state index contributed by atoms with van der Waals surface area (Å²) >= 11 is 0. The van der Waals surface area contributed by atoms with Gasteiger partial charge < -0.3 is 0 Å². The first-order chi connectivity index (χ1) is 7.88. The Morgan fingerprint density at radius 2 is 1.75 bits per heavy atom. The summed E-state index contributed by atoms with van der Waals surface area (Å²) in [5, 5.41) is 0. The maximum absolute atomic E-state index is 4.45. The molecule has 0 atom stereocenters. The molecule has 0 fully saturated rings. The molecule has 0 bridgehead atoms. The zero-order chi connectivity index (χ0) is 11.2. The Labute approximate surface area is 96.4 Å². The molecule has 0 aliphatic carbocycles. The summed E-state index contributed by atoms with van der Waals surface area (Å²) in [7, 11) is 0. The summed E-state index contributed by atoms with van der Waals surface area (Å²) < 4.78 is 0. The minimum Gasteiger partial charge on any atom is -0.265 e. The molecule has 2 aromatic heterocycles. The molecule has 0 spiro atoms. The van der Waals surface area contributed by atoms with Gasteiger partial charge in [-0.05, 0) is 48.6 Å². The second-order valence-corrected chi connectivity index (χ2v) is 3.87. The van der Waals surface area contributed by atoms with Crippen LogP contribution in [0.1, 0.15) is 23.7 Å². The van der Waals surface area contributed by atoms with Crippen molar-refractivity contribution in [3.63, 3.8) is 0 Å². The fourth-order valence-corrected chi connectivity index (χ4v) is 1.63. The molecule has 0 aliphatic heterocycles. The largest absolute Gasteiger partial charge is 0.265 e. The van der Waals surface area contributed by atoms with Crippen molar-refractivity contribution >= 4 is 0 Å². The van der Waals surface area contributed by atoms with Crippen LogP contribution in [0.4, 0.5) is 0 Å². The number of pyridine rings is 2. The Morgan fingerprint density at radius 3 is 2.38 bits per heavy atom. The van der Waals surface area contributed by atoms with Gasteiger partial charge >= 0.3 is 0 Å². The molecule has 0 radical (unpaired) electrons. The summed E-state index contributed by atoms with van der Waals surface area (Å²) in [6.45, 7) is 2.15. The van der Waals surface area contributed by atoms with Crippen molar-refractivity contribution in [2.45, 2.75) is 26.2 Å². The zero-order valence-electron chi connectivity index (χ0n) is 9.56. The lowest BCUT2D eigenvalue weighted by molar-refractivity contribution is 0.903. The Morgan fingerprint density at radius 1 is 0.938 bits per heavy atom. The van der Waals surface area contributed by atoms with E-state index in [-0.39, 0.29) is 0 Å². The molecular weight excluding hydrogens is 196 g/mol. The Bertz CT molecular complexity index is 420. The van der Waals surface area contributed by atoms with Gasteiger partial charge in [-0.25, -0.2) is 0 Å². The highest BCUT2D eigenvalue weighted by atomic mass is 14.7. The van der Waals surface area contributed by atoms with Crippen LogP contribution in [0.3, 0.4) is 0 Å². The van der Waals surface area contributed by atoms with E-state index in [0.717, 1.165) is 25.0 Å². The average Bonchev–Trinajstić information content (AvgIpc) is 2.38. The van der Waals surface area contributed by atoms with E-state index in [0.29, 0.717) is 0 Å². The standard InChI is InChI=1S/C14H16N2/c1-2-12-3-5-14(16-11-12)6-4-13-7-9-15-10-8-13/h3,5,7-11H,2,4,6H2,1H3. The second kappa shape index (κ2) is 5.40. The van der Waals surface area contributed by atoms with E-state index in [4.69, 9.17) is 0 Å². The van der Waals surface area contributed by atoms with Crippen LogP contribution < -0.4 is 0 Å². The molecule has 0 aromatic carbocycles. The molecule has 0 N–H and O–H groups in total. The van der Waals surface area contributed by atoms with Gasteiger partial charge in [0.25, 0.3) is 0 Å². The Balaban J connectivity index is 1.94. The lowest BCUT2D eigenvalue weighted by atomic mass is 10.1. The molecule has 2 aromatic rings. The molecule has 2 rings (SSSR count). The highest BCUT2D eigenvalue weighted by Crippen LogP contribution is 2.06. The topological polar surface area (TPSA) is 25.8 Å². The second-order valence-electron chi connectivity index (χ2n) is 3.87. The Kier molecular flexibility index (Phi) is 3.65. The van der Waals surface area contributed by atoms with Crippen LogP contribution in [0.5, 0.6) is 0 Å². The molecule has 2 heterocycles. The van der Waals surface area contributed by atoms with Crippen LogP contribution in [0.25, 0.3) is 0 Å². The first-order valence-corrected chi connectivity index (χ1v) is 5.71. The van der Waals surface area contributed by atoms with Crippen LogP contribution in [0, 0.1) is 0 Å². The van der Waals surface area contributed by atoms with Crippen molar-refractivity contribution in [2.75, 3.05) is 0 Å². The molecule has 0 saturated heterocycles. The smallest absolute Gasteiger partial charge is 0.0407 e. The van der Waals surface area contributed by atoms with Gasteiger partial charge in [0.05, 0.1) is 0 Å². The van der Waals surface area contributed by atoms with E-state index >= 15 is 0 Å². The van der Waals surface area contributed by atoms with Crippen LogP contribution in [-0.2, 0) is 19.3 Å². The lowest BCUT2D eigenvalue weighted by Crippen LogP contribution is -1.95. The normalized spacial score (nSPS) is 10.3. The minimum atomic E-state index is 0.994. The summed E-state index contributed by atoms with van der Waals surface area (Å²) in [5.74, 6) is 0. The number of hydrogen-bond donors (Lipinski definition) is 0. The third-order valence-corrected chi connectivity index (χ3v) is 2.71. The molecule has 2 nitrogen and oxygen atoms in total. The van der Waals surface area contributed by atoms with Crippen LogP contribution in [0.15, 0.2) is 42.9 Å². The summed E-state index contributed by atoms with van der Waals surface area (Å²) in [6.07, 6.45) is 8.72. The Hall–Kier alpha value is -1.70. The van der Waals surface area contributed by atoms with Crippen LogP contribution >= 0.6 is 0 Å². The van der Waals surface area contributed by atoms with Gasteiger partial charge in [-0.15, -0.1) is 0 Å². The van der Waals surface area contributed by atoms with Crippen molar-refractivity contribution in [3.8, 4) is 0 Å². The van der Waals surface area contributed by atoms with Gasteiger partial charge in [0.1, 0.15) is 0 Å². The van der Waals surface area contributed by atoms with E-state index in [1.165, 1.54) is 11.1 Å². The lowest BCUT2D eigenvalue weighted by Gasteiger charge is -2.02. The average molecular weight is 212 g/mol.